The molecule has 0 bridgehead atoms. The van der Waals surface area contributed by atoms with Gasteiger partial charge in [-0.25, -0.2) is 0 Å². The van der Waals surface area contributed by atoms with E-state index in [9.17, 15) is 9.59 Å². The summed E-state index contributed by atoms with van der Waals surface area (Å²) in [5, 5.41) is 6.77. The number of para-hydroxylation sites is 1. The van der Waals surface area contributed by atoms with E-state index < -0.39 is 0 Å². The molecule has 1 N–H and O–H groups in total. The number of nitrogens with zero attached hydrogens (tertiary/aromatic N) is 2. The first-order valence-corrected chi connectivity index (χ1v) is 8.97. The van der Waals surface area contributed by atoms with Crippen LogP contribution in [-0.4, -0.2) is 30.7 Å². The van der Waals surface area contributed by atoms with Crippen LogP contribution in [0.3, 0.4) is 0 Å². The second-order valence-electron chi connectivity index (χ2n) is 6.49. The number of hydrogen-bond donors (Lipinski definition) is 1. The Morgan fingerprint density at radius 3 is 2.59 bits per heavy atom. The second kappa shape index (κ2) is 8.49. The number of fused-ring (bicyclic) bond motifs is 1. The first kappa shape index (κ1) is 18.6. The number of oxime groups is 1. The molecular weight excluding hydrogens is 342 g/mol. The van der Waals surface area contributed by atoms with E-state index in [2.05, 4.69) is 16.5 Å². The summed E-state index contributed by atoms with van der Waals surface area (Å²) in [6.45, 7) is 3.88. The zero-order chi connectivity index (χ0) is 19.2. The zero-order valence-electron chi connectivity index (χ0n) is 15.6. The molecule has 2 amide bonds. The number of hydrogen-bond acceptors (Lipinski definition) is 4. The van der Waals surface area contributed by atoms with Crippen molar-refractivity contribution in [1.82, 2.24) is 0 Å². The highest BCUT2D eigenvalue weighted by molar-refractivity contribution is 5.99. The van der Waals surface area contributed by atoms with E-state index in [4.69, 9.17) is 4.84 Å². The lowest BCUT2D eigenvalue weighted by Crippen LogP contribution is -2.37. The van der Waals surface area contributed by atoms with Gasteiger partial charge in [-0.05, 0) is 49.1 Å². The summed E-state index contributed by atoms with van der Waals surface area (Å²) in [7, 11) is 0. The van der Waals surface area contributed by atoms with Crippen LogP contribution in [0.15, 0.2) is 53.7 Å². The van der Waals surface area contributed by atoms with Crippen molar-refractivity contribution in [1.29, 1.82) is 0 Å². The van der Waals surface area contributed by atoms with E-state index in [-0.39, 0.29) is 18.4 Å². The molecule has 0 aliphatic carbocycles. The molecule has 0 saturated heterocycles. The van der Waals surface area contributed by atoms with Gasteiger partial charge in [-0.3, -0.25) is 9.59 Å². The minimum absolute atomic E-state index is 0.0975. The first-order valence-electron chi connectivity index (χ1n) is 8.97. The molecule has 1 aliphatic heterocycles. The molecule has 140 valence electrons. The van der Waals surface area contributed by atoms with Crippen LogP contribution in [0.25, 0.3) is 0 Å². The molecule has 0 spiro atoms. The lowest BCUT2D eigenvalue weighted by Gasteiger charge is -2.29. The molecule has 6 heteroatoms. The van der Waals surface area contributed by atoms with Gasteiger partial charge >= 0.3 is 0 Å². The Hall–Kier alpha value is -3.15. The highest BCUT2D eigenvalue weighted by Gasteiger charge is 2.22. The van der Waals surface area contributed by atoms with E-state index in [1.807, 2.05) is 37.3 Å². The van der Waals surface area contributed by atoms with Crippen molar-refractivity contribution in [3.63, 3.8) is 0 Å². The third-order valence-electron chi connectivity index (χ3n) is 4.42. The van der Waals surface area contributed by atoms with Gasteiger partial charge in [-0.2, -0.15) is 0 Å². The second-order valence-corrected chi connectivity index (χ2v) is 6.49. The Labute approximate surface area is 158 Å². The number of aryl methyl sites for hydroxylation is 1. The molecular formula is C21H23N3O3. The molecule has 0 unspecified atom stereocenters. The maximum atomic E-state index is 12.5. The quantitative estimate of drug-likeness (QED) is 0.652. The van der Waals surface area contributed by atoms with Crippen molar-refractivity contribution in [3.8, 4) is 0 Å². The van der Waals surface area contributed by atoms with Crippen molar-refractivity contribution >= 4 is 28.9 Å². The van der Waals surface area contributed by atoms with E-state index in [0.717, 1.165) is 29.8 Å². The van der Waals surface area contributed by atoms with E-state index in [1.165, 1.54) is 12.5 Å². The summed E-state index contributed by atoms with van der Waals surface area (Å²) in [5.74, 6) is -0.214. The van der Waals surface area contributed by atoms with Gasteiger partial charge in [-0.1, -0.05) is 35.5 Å². The van der Waals surface area contributed by atoms with Gasteiger partial charge in [0.15, 0.2) is 6.61 Å². The zero-order valence-corrected chi connectivity index (χ0v) is 15.6. The number of anilines is 2. The number of rotatable bonds is 5. The minimum atomic E-state index is -0.116. The summed E-state index contributed by atoms with van der Waals surface area (Å²) in [4.78, 5) is 30.6. The Kier molecular flexibility index (Phi) is 5.86. The summed E-state index contributed by atoms with van der Waals surface area (Å²) >= 11 is 0. The number of benzene rings is 2. The summed E-state index contributed by atoms with van der Waals surface area (Å²) in [6, 6.07) is 15.2. The maximum Gasteiger partial charge on any atom is 0.267 e. The van der Waals surface area contributed by atoms with Crippen LogP contribution in [0, 0.1) is 0 Å². The molecule has 6 nitrogen and oxygen atoms in total. The smallest absolute Gasteiger partial charge is 0.267 e. The van der Waals surface area contributed by atoms with Gasteiger partial charge in [0.1, 0.15) is 0 Å². The van der Waals surface area contributed by atoms with Gasteiger partial charge in [0, 0.05) is 24.8 Å². The fraction of sp³-hybridized carbons (Fsp3) is 0.286. The third-order valence-corrected chi connectivity index (χ3v) is 4.42. The molecule has 2 aromatic rings. The van der Waals surface area contributed by atoms with E-state index >= 15 is 0 Å². The maximum absolute atomic E-state index is 12.5. The molecule has 0 radical (unpaired) electrons. The van der Waals surface area contributed by atoms with Gasteiger partial charge < -0.3 is 15.1 Å². The summed E-state index contributed by atoms with van der Waals surface area (Å²) in [5.41, 5.74) is 4.40. The predicted octanol–water partition coefficient (Wildman–Crippen LogP) is 3.37. The molecule has 1 heterocycles. The van der Waals surface area contributed by atoms with Crippen LogP contribution in [0.2, 0.25) is 0 Å². The van der Waals surface area contributed by atoms with Crippen LogP contribution < -0.4 is 10.2 Å². The number of nitrogens with one attached hydrogen (secondary N) is 1. The lowest BCUT2D eigenvalue weighted by molar-refractivity contribution is -0.123. The monoisotopic (exact) mass is 365 g/mol. The molecule has 0 aromatic heterocycles. The molecule has 2 aromatic carbocycles. The van der Waals surface area contributed by atoms with Crippen LogP contribution in [0.5, 0.6) is 0 Å². The highest BCUT2D eigenvalue weighted by atomic mass is 16.6. The Morgan fingerprint density at radius 2 is 1.85 bits per heavy atom. The van der Waals surface area contributed by atoms with Crippen LogP contribution >= 0.6 is 0 Å². The van der Waals surface area contributed by atoms with Crippen LogP contribution in [0.1, 0.15) is 31.4 Å². The van der Waals surface area contributed by atoms with Crippen LogP contribution in [-0.2, 0) is 20.8 Å². The van der Waals surface area contributed by atoms with E-state index in [1.54, 1.807) is 17.0 Å². The fourth-order valence-corrected chi connectivity index (χ4v) is 3.11. The minimum Gasteiger partial charge on any atom is -0.385 e. The average molecular weight is 365 g/mol. The van der Waals surface area contributed by atoms with Crippen LogP contribution in [0.4, 0.5) is 11.4 Å². The fourth-order valence-electron chi connectivity index (χ4n) is 3.11. The summed E-state index contributed by atoms with van der Waals surface area (Å²) in [6.07, 6.45) is 1.94. The van der Waals surface area contributed by atoms with Crippen molar-refractivity contribution in [3.05, 3.63) is 59.7 Å². The van der Waals surface area contributed by atoms with Gasteiger partial charge in [0.25, 0.3) is 5.91 Å². The molecule has 27 heavy (non-hydrogen) atoms. The first-order chi connectivity index (χ1) is 13.0. The van der Waals surface area contributed by atoms with Crippen molar-refractivity contribution in [2.75, 3.05) is 23.4 Å². The van der Waals surface area contributed by atoms with Crippen molar-refractivity contribution in [2.45, 2.75) is 26.7 Å². The molecule has 3 rings (SSSR count). The number of carbonyl (C=O) groups is 2. The normalized spacial score (nSPS) is 13.7. The molecule has 0 fully saturated rings. The number of carbonyl (C=O) groups excluding carboxylic acids is 2. The standard InChI is InChI=1S/C21H23N3O3/c1-15(17-9-11-19(12-10-17)22-16(2)25)23-27-14-21(26)24-13-5-7-18-6-3-4-8-20(18)24/h3-4,6,8-12H,5,7,13-14H2,1-2H3,(H,22,25)/b23-15+. The third kappa shape index (κ3) is 4.73. The Bertz CT molecular complexity index is 859. The highest BCUT2D eigenvalue weighted by Crippen LogP contribution is 2.26. The molecule has 0 atom stereocenters. The summed E-state index contributed by atoms with van der Waals surface area (Å²) < 4.78 is 0. The SMILES string of the molecule is CC(=O)Nc1ccc(/C(C)=N/OCC(=O)N2CCCc3ccccc32)cc1. The van der Waals surface area contributed by atoms with Gasteiger partial charge in [0.2, 0.25) is 5.91 Å². The van der Waals surface area contributed by atoms with Crippen molar-refractivity contribution in [2.24, 2.45) is 5.16 Å². The lowest BCUT2D eigenvalue weighted by atomic mass is 10.0. The molecule has 1 aliphatic rings. The van der Waals surface area contributed by atoms with Gasteiger partial charge in [-0.15, -0.1) is 0 Å². The van der Waals surface area contributed by atoms with Gasteiger partial charge in [0.05, 0.1) is 5.71 Å². The van der Waals surface area contributed by atoms with E-state index in [0.29, 0.717) is 12.3 Å². The topological polar surface area (TPSA) is 71.0 Å². The Morgan fingerprint density at radius 1 is 1.11 bits per heavy atom. The average Bonchev–Trinajstić information content (AvgIpc) is 2.67. The van der Waals surface area contributed by atoms with Crippen molar-refractivity contribution < 1.29 is 14.4 Å². The Balaban J connectivity index is 1.58. The number of amides is 2. The predicted molar refractivity (Wildman–Crippen MR) is 106 cm³/mol. The molecule has 0 saturated carbocycles. The largest absolute Gasteiger partial charge is 0.385 e.